The van der Waals surface area contributed by atoms with E-state index in [1.165, 1.54) is 24.3 Å². The summed E-state index contributed by atoms with van der Waals surface area (Å²) >= 11 is 0. The van der Waals surface area contributed by atoms with Crippen molar-refractivity contribution >= 4 is 11.8 Å². The first-order valence-electron chi connectivity index (χ1n) is 6.62. The van der Waals surface area contributed by atoms with Crippen LogP contribution in [0.2, 0.25) is 0 Å². The van der Waals surface area contributed by atoms with Crippen LogP contribution in [0.25, 0.3) is 0 Å². The van der Waals surface area contributed by atoms with Crippen LogP contribution in [-0.2, 0) is 4.79 Å². The zero-order chi connectivity index (χ0) is 15.9. The monoisotopic (exact) mass is 300 g/mol. The second kappa shape index (κ2) is 7.12. The maximum Gasteiger partial charge on any atom is 0.276 e. The van der Waals surface area contributed by atoms with Gasteiger partial charge in [0.2, 0.25) is 0 Å². The van der Waals surface area contributed by atoms with Crippen molar-refractivity contribution < 1.29 is 19.4 Å². The minimum atomic E-state index is -0.528. The zero-order valence-electron chi connectivity index (χ0n) is 12.0. The average molecular weight is 300 g/mol. The Morgan fingerprint density at radius 3 is 2.50 bits per heavy atom. The topological polar surface area (TPSA) is 87.7 Å². The molecule has 0 aromatic heterocycles. The number of aryl methyl sites for hydroxylation is 1. The van der Waals surface area contributed by atoms with E-state index < -0.39 is 11.8 Å². The van der Waals surface area contributed by atoms with Crippen LogP contribution in [0.15, 0.2) is 48.5 Å². The number of carbonyl (C=O) groups is 2. The molecule has 0 unspecified atom stereocenters. The van der Waals surface area contributed by atoms with Crippen LogP contribution in [0.5, 0.6) is 11.5 Å². The molecule has 2 aromatic rings. The van der Waals surface area contributed by atoms with Gasteiger partial charge in [0, 0.05) is 5.56 Å². The average Bonchev–Trinajstić information content (AvgIpc) is 2.52. The van der Waals surface area contributed by atoms with Gasteiger partial charge in [0.15, 0.2) is 6.61 Å². The van der Waals surface area contributed by atoms with E-state index in [2.05, 4.69) is 10.9 Å². The molecule has 6 nitrogen and oxygen atoms in total. The predicted octanol–water partition coefficient (Wildman–Crippen LogP) is 1.54. The van der Waals surface area contributed by atoms with Gasteiger partial charge in [-0.2, -0.15) is 0 Å². The van der Waals surface area contributed by atoms with Gasteiger partial charge in [-0.3, -0.25) is 20.4 Å². The number of rotatable bonds is 4. The van der Waals surface area contributed by atoms with Crippen LogP contribution in [0.4, 0.5) is 0 Å². The van der Waals surface area contributed by atoms with Crippen molar-refractivity contribution in [2.45, 2.75) is 6.92 Å². The predicted molar refractivity (Wildman–Crippen MR) is 80.4 cm³/mol. The molecular formula is C16H16N2O4. The number of aromatic hydroxyl groups is 1. The molecule has 2 rings (SSSR count). The fourth-order valence-corrected chi connectivity index (χ4v) is 1.67. The van der Waals surface area contributed by atoms with E-state index in [0.717, 1.165) is 5.56 Å². The Morgan fingerprint density at radius 1 is 1.09 bits per heavy atom. The van der Waals surface area contributed by atoms with Crippen molar-refractivity contribution in [3.63, 3.8) is 0 Å². The lowest BCUT2D eigenvalue weighted by Crippen LogP contribution is -2.43. The Hall–Kier alpha value is -3.02. The van der Waals surface area contributed by atoms with E-state index in [9.17, 15) is 14.7 Å². The Bertz CT molecular complexity index is 668. The van der Waals surface area contributed by atoms with Crippen LogP contribution in [0.1, 0.15) is 15.9 Å². The third-order valence-electron chi connectivity index (χ3n) is 2.81. The van der Waals surface area contributed by atoms with E-state index in [-0.39, 0.29) is 17.9 Å². The summed E-state index contributed by atoms with van der Waals surface area (Å²) in [6.45, 7) is 1.73. The van der Waals surface area contributed by atoms with Crippen LogP contribution >= 0.6 is 0 Å². The zero-order valence-corrected chi connectivity index (χ0v) is 12.0. The summed E-state index contributed by atoms with van der Waals surface area (Å²) in [5, 5.41) is 9.28. The molecule has 0 atom stereocenters. The third kappa shape index (κ3) is 4.52. The molecule has 0 fully saturated rings. The number of phenols is 1. The molecule has 0 aliphatic heterocycles. The molecular weight excluding hydrogens is 284 g/mol. The Morgan fingerprint density at radius 2 is 1.82 bits per heavy atom. The van der Waals surface area contributed by atoms with Gasteiger partial charge >= 0.3 is 0 Å². The first-order valence-corrected chi connectivity index (χ1v) is 6.62. The smallest absolute Gasteiger partial charge is 0.276 e. The van der Waals surface area contributed by atoms with E-state index in [4.69, 9.17) is 4.74 Å². The minimum absolute atomic E-state index is 0.0262. The molecule has 0 aliphatic rings. The molecule has 0 radical (unpaired) electrons. The molecule has 0 heterocycles. The number of amides is 2. The fourth-order valence-electron chi connectivity index (χ4n) is 1.67. The summed E-state index contributed by atoms with van der Waals surface area (Å²) in [7, 11) is 0. The first kappa shape index (κ1) is 15.4. The molecule has 114 valence electrons. The van der Waals surface area contributed by atoms with E-state index in [1.807, 2.05) is 19.1 Å². The quantitative estimate of drug-likeness (QED) is 0.747. The lowest BCUT2D eigenvalue weighted by atomic mass is 10.2. The minimum Gasteiger partial charge on any atom is -0.508 e. The molecule has 0 aliphatic carbocycles. The maximum absolute atomic E-state index is 11.7. The summed E-state index contributed by atoms with van der Waals surface area (Å²) in [5.41, 5.74) is 5.81. The first-order chi connectivity index (χ1) is 10.5. The largest absolute Gasteiger partial charge is 0.508 e. The van der Waals surface area contributed by atoms with Crippen molar-refractivity contribution in [1.29, 1.82) is 0 Å². The fraction of sp³-hybridized carbons (Fsp3) is 0.125. The third-order valence-corrected chi connectivity index (χ3v) is 2.81. The molecule has 0 spiro atoms. The van der Waals surface area contributed by atoms with Crippen molar-refractivity contribution in [3.05, 3.63) is 59.7 Å². The van der Waals surface area contributed by atoms with Crippen LogP contribution < -0.4 is 15.6 Å². The molecule has 6 heteroatoms. The van der Waals surface area contributed by atoms with Crippen LogP contribution in [0.3, 0.4) is 0 Å². The van der Waals surface area contributed by atoms with Gasteiger partial charge in [0.05, 0.1) is 0 Å². The number of hydrazine groups is 1. The SMILES string of the molecule is Cc1ccc(OCC(=O)NNC(=O)c2cccc(O)c2)cc1. The van der Waals surface area contributed by atoms with Crippen LogP contribution in [0, 0.1) is 6.92 Å². The number of hydrogen-bond acceptors (Lipinski definition) is 4. The number of nitrogens with one attached hydrogen (secondary N) is 2. The van der Waals surface area contributed by atoms with Gasteiger partial charge in [-0.15, -0.1) is 0 Å². The van der Waals surface area contributed by atoms with E-state index in [0.29, 0.717) is 5.75 Å². The lowest BCUT2D eigenvalue weighted by Gasteiger charge is -2.09. The highest BCUT2D eigenvalue weighted by molar-refractivity contribution is 5.95. The van der Waals surface area contributed by atoms with Crippen molar-refractivity contribution in [2.24, 2.45) is 0 Å². The Labute approximate surface area is 127 Å². The summed E-state index contributed by atoms with van der Waals surface area (Å²) in [4.78, 5) is 23.3. The molecule has 22 heavy (non-hydrogen) atoms. The highest BCUT2D eigenvalue weighted by Crippen LogP contribution is 2.11. The van der Waals surface area contributed by atoms with Crippen molar-refractivity contribution in [2.75, 3.05) is 6.61 Å². The maximum atomic E-state index is 11.7. The summed E-state index contributed by atoms with van der Waals surface area (Å²) in [6.07, 6.45) is 0. The second-order valence-electron chi connectivity index (χ2n) is 4.65. The molecule has 2 aromatic carbocycles. The van der Waals surface area contributed by atoms with Gasteiger partial charge in [0.1, 0.15) is 11.5 Å². The van der Waals surface area contributed by atoms with Crippen molar-refractivity contribution in [1.82, 2.24) is 10.9 Å². The van der Waals surface area contributed by atoms with Crippen LogP contribution in [-0.4, -0.2) is 23.5 Å². The number of hydrogen-bond donors (Lipinski definition) is 3. The Kier molecular flexibility index (Phi) is 4.98. The lowest BCUT2D eigenvalue weighted by molar-refractivity contribution is -0.123. The van der Waals surface area contributed by atoms with Gasteiger partial charge in [-0.25, -0.2) is 0 Å². The molecule has 0 bridgehead atoms. The van der Waals surface area contributed by atoms with Gasteiger partial charge in [-0.05, 0) is 37.3 Å². The number of carbonyl (C=O) groups excluding carboxylic acids is 2. The number of benzene rings is 2. The molecule has 3 N–H and O–H groups in total. The highest BCUT2D eigenvalue weighted by atomic mass is 16.5. The van der Waals surface area contributed by atoms with E-state index in [1.54, 1.807) is 12.1 Å². The van der Waals surface area contributed by atoms with Crippen molar-refractivity contribution in [3.8, 4) is 11.5 Å². The second-order valence-corrected chi connectivity index (χ2v) is 4.65. The highest BCUT2D eigenvalue weighted by Gasteiger charge is 2.08. The summed E-state index contributed by atoms with van der Waals surface area (Å²) < 4.78 is 5.28. The number of ether oxygens (including phenoxy) is 1. The molecule has 0 saturated carbocycles. The normalized spacial score (nSPS) is 9.86. The van der Waals surface area contributed by atoms with Gasteiger partial charge in [-0.1, -0.05) is 23.8 Å². The molecule has 2 amide bonds. The molecule has 0 saturated heterocycles. The van der Waals surface area contributed by atoms with E-state index >= 15 is 0 Å². The Balaban J connectivity index is 1.78. The summed E-state index contributed by atoms with van der Waals surface area (Å²) in [6, 6.07) is 13.1. The number of phenolic OH excluding ortho intramolecular Hbond substituents is 1. The van der Waals surface area contributed by atoms with Gasteiger partial charge < -0.3 is 9.84 Å². The standard InChI is InChI=1S/C16H16N2O4/c1-11-5-7-14(8-6-11)22-10-15(20)17-18-16(21)12-3-2-4-13(19)9-12/h2-9,19H,10H2,1H3,(H,17,20)(H,18,21). The summed E-state index contributed by atoms with van der Waals surface area (Å²) in [5.74, 6) is -0.476. The van der Waals surface area contributed by atoms with Gasteiger partial charge in [0.25, 0.3) is 11.8 Å².